The molecule has 1 aliphatic carbocycles. The summed E-state index contributed by atoms with van der Waals surface area (Å²) in [6.45, 7) is 4.67. The smallest absolute Gasteiger partial charge is 0.165 e. The topological polar surface area (TPSA) is 51.6 Å². The molecule has 0 amide bonds. The second kappa shape index (κ2) is 12.9. The summed E-state index contributed by atoms with van der Waals surface area (Å²) in [6, 6.07) is 64.2. The molecule has 2 heterocycles. The summed E-state index contributed by atoms with van der Waals surface area (Å²) in [6.07, 6.45) is 0. The number of hydrogen-bond donors (Lipinski definition) is 0. The van der Waals surface area contributed by atoms with Crippen LogP contribution in [-0.2, 0) is 5.41 Å². The number of rotatable bonds is 5. The average Bonchev–Trinajstić information content (AvgIpc) is 3.50. The Bertz CT molecular complexity index is 3070. The van der Waals surface area contributed by atoms with Crippen LogP contribution in [0.15, 0.2) is 182 Å². The lowest BCUT2D eigenvalue weighted by molar-refractivity contribution is 0.662. The molecule has 0 bridgehead atoms. The van der Waals surface area contributed by atoms with Crippen molar-refractivity contribution in [3.8, 4) is 67.7 Å². The average molecular weight is 729 g/mol. The van der Waals surface area contributed by atoms with E-state index in [2.05, 4.69) is 159 Å². The molecule has 0 spiro atoms. The third-order valence-corrected chi connectivity index (χ3v) is 11.7. The van der Waals surface area contributed by atoms with Gasteiger partial charge in [0.2, 0.25) is 0 Å². The number of hydrogen-bond acceptors (Lipinski definition) is 4. The maximum atomic E-state index is 5.28. The van der Waals surface area contributed by atoms with E-state index < -0.39 is 0 Å². The maximum Gasteiger partial charge on any atom is 0.165 e. The van der Waals surface area contributed by atoms with Crippen molar-refractivity contribution in [1.29, 1.82) is 0 Å². The second-order valence-corrected chi connectivity index (χ2v) is 15.4. The highest BCUT2D eigenvalue weighted by Gasteiger charge is 2.39. The Hall–Kier alpha value is -7.30. The zero-order valence-corrected chi connectivity index (χ0v) is 31.6. The van der Waals surface area contributed by atoms with Gasteiger partial charge in [0, 0.05) is 33.1 Å². The van der Waals surface area contributed by atoms with Gasteiger partial charge in [-0.1, -0.05) is 190 Å². The van der Waals surface area contributed by atoms with Crippen LogP contribution in [0.2, 0.25) is 0 Å². The van der Waals surface area contributed by atoms with Crippen LogP contribution < -0.4 is 0 Å². The van der Waals surface area contributed by atoms with Crippen LogP contribution in [0.1, 0.15) is 25.0 Å². The Labute approximate surface area is 331 Å². The summed E-state index contributed by atoms with van der Waals surface area (Å²) < 4.78 is 0. The standard InChI is InChI=1S/C53H36N4/c1-53(2)43-27-15-13-25-41(43)49-48(53)46(42-26-14-16-28-44(42)54-49)34-31-29-33(30-32-34)45-37-21-9-11-23-39(37)47(40-24-12-10-22-38(40)45)52-56-50(35-17-5-3-6-18-35)55-51(57-52)36-19-7-4-8-20-36/h3-32H,1-2H3. The van der Waals surface area contributed by atoms with Gasteiger partial charge in [0.05, 0.1) is 11.2 Å². The largest absolute Gasteiger partial charge is 0.247 e. The fourth-order valence-electron chi connectivity index (χ4n) is 9.09. The van der Waals surface area contributed by atoms with Crippen LogP contribution in [0.4, 0.5) is 0 Å². The molecule has 0 fully saturated rings. The molecule has 268 valence electrons. The van der Waals surface area contributed by atoms with Crippen molar-refractivity contribution >= 4 is 32.4 Å². The summed E-state index contributed by atoms with van der Waals surface area (Å²) in [4.78, 5) is 20.7. The normalized spacial score (nSPS) is 12.9. The minimum Gasteiger partial charge on any atom is -0.247 e. The molecule has 0 aliphatic heterocycles. The van der Waals surface area contributed by atoms with Gasteiger partial charge >= 0.3 is 0 Å². The SMILES string of the molecule is CC1(C)c2ccccc2-c2nc3ccccc3c(-c3ccc(-c4c5ccccc5c(-c5nc(-c6ccccc6)nc(-c6ccccc6)n5)c5ccccc45)cc3)c21. The van der Waals surface area contributed by atoms with E-state index in [1.807, 2.05) is 36.4 Å². The molecule has 4 heteroatoms. The quantitative estimate of drug-likeness (QED) is 0.166. The molecule has 2 aromatic heterocycles. The van der Waals surface area contributed by atoms with Crippen LogP contribution >= 0.6 is 0 Å². The van der Waals surface area contributed by atoms with Crippen molar-refractivity contribution in [3.05, 3.63) is 193 Å². The second-order valence-electron chi connectivity index (χ2n) is 15.4. The van der Waals surface area contributed by atoms with Crippen LogP contribution in [0.3, 0.4) is 0 Å². The summed E-state index contributed by atoms with van der Waals surface area (Å²) in [5.41, 5.74) is 13.4. The molecule has 0 unspecified atom stereocenters. The fraction of sp³-hybridized carbons (Fsp3) is 0.0566. The van der Waals surface area contributed by atoms with Gasteiger partial charge in [-0.3, -0.25) is 0 Å². The van der Waals surface area contributed by atoms with Gasteiger partial charge in [-0.15, -0.1) is 0 Å². The summed E-state index contributed by atoms with van der Waals surface area (Å²) >= 11 is 0. The third-order valence-electron chi connectivity index (χ3n) is 11.7. The van der Waals surface area contributed by atoms with Gasteiger partial charge in [0.15, 0.2) is 17.5 Å². The molecule has 0 atom stereocenters. The first-order valence-electron chi connectivity index (χ1n) is 19.5. The maximum absolute atomic E-state index is 5.28. The van der Waals surface area contributed by atoms with E-state index in [9.17, 15) is 0 Å². The molecule has 8 aromatic carbocycles. The molecule has 4 nitrogen and oxygen atoms in total. The van der Waals surface area contributed by atoms with Gasteiger partial charge in [0.1, 0.15) is 0 Å². The van der Waals surface area contributed by atoms with E-state index in [-0.39, 0.29) is 5.41 Å². The Kier molecular flexibility index (Phi) is 7.48. The number of aromatic nitrogens is 4. The Balaban J connectivity index is 1.12. The minimum absolute atomic E-state index is 0.199. The summed E-state index contributed by atoms with van der Waals surface area (Å²) in [5, 5.41) is 5.66. The van der Waals surface area contributed by atoms with E-state index in [1.54, 1.807) is 0 Å². The molecule has 0 N–H and O–H groups in total. The third kappa shape index (κ3) is 5.22. The van der Waals surface area contributed by atoms with E-state index in [0.29, 0.717) is 17.5 Å². The lowest BCUT2D eigenvalue weighted by Crippen LogP contribution is -2.16. The number of fused-ring (bicyclic) bond motifs is 6. The number of benzene rings is 8. The number of para-hydroxylation sites is 1. The fourth-order valence-corrected chi connectivity index (χ4v) is 9.09. The van der Waals surface area contributed by atoms with Gasteiger partial charge in [-0.25, -0.2) is 19.9 Å². The molecule has 10 aromatic rings. The van der Waals surface area contributed by atoms with Crippen molar-refractivity contribution < 1.29 is 0 Å². The lowest BCUT2D eigenvalue weighted by Gasteiger charge is -2.25. The van der Waals surface area contributed by atoms with Crippen LogP contribution in [-0.4, -0.2) is 19.9 Å². The van der Waals surface area contributed by atoms with Crippen molar-refractivity contribution in [3.63, 3.8) is 0 Å². The van der Waals surface area contributed by atoms with Gasteiger partial charge < -0.3 is 0 Å². The van der Waals surface area contributed by atoms with Gasteiger partial charge in [0.25, 0.3) is 0 Å². The molecular weight excluding hydrogens is 693 g/mol. The highest BCUT2D eigenvalue weighted by molar-refractivity contribution is 6.21. The Morgan fingerprint density at radius 2 is 0.772 bits per heavy atom. The monoisotopic (exact) mass is 728 g/mol. The highest BCUT2D eigenvalue weighted by Crippen LogP contribution is 2.53. The zero-order valence-electron chi connectivity index (χ0n) is 31.6. The Morgan fingerprint density at radius 1 is 0.333 bits per heavy atom. The van der Waals surface area contributed by atoms with Gasteiger partial charge in [-0.05, 0) is 61.0 Å². The van der Waals surface area contributed by atoms with Crippen molar-refractivity contribution in [1.82, 2.24) is 19.9 Å². The predicted molar refractivity (Wildman–Crippen MR) is 235 cm³/mol. The van der Waals surface area contributed by atoms with Crippen LogP contribution in [0.5, 0.6) is 0 Å². The first-order valence-corrected chi connectivity index (χ1v) is 19.5. The number of nitrogens with zero attached hydrogens (tertiary/aromatic N) is 4. The van der Waals surface area contributed by atoms with Crippen LogP contribution in [0.25, 0.3) is 100 Å². The molecule has 0 radical (unpaired) electrons. The van der Waals surface area contributed by atoms with Crippen molar-refractivity contribution in [2.75, 3.05) is 0 Å². The minimum atomic E-state index is -0.199. The highest BCUT2D eigenvalue weighted by atomic mass is 15.0. The van der Waals surface area contributed by atoms with Crippen LogP contribution in [0, 0.1) is 0 Å². The first-order chi connectivity index (χ1) is 28.0. The Morgan fingerprint density at radius 3 is 1.35 bits per heavy atom. The molecule has 1 aliphatic rings. The summed E-state index contributed by atoms with van der Waals surface area (Å²) in [5.74, 6) is 1.95. The van der Waals surface area contributed by atoms with Gasteiger partial charge in [-0.2, -0.15) is 0 Å². The lowest BCUT2D eigenvalue weighted by atomic mass is 9.78. The molecule has 11 rings (SSSR count). The molecule has 0 saturated carbocycles. The predicted octanol–water partition coefficient (Wildman–Crippen LogP) is 13.4. The van der Waals surface area contributed by atoms with E-state index in [4.69, 9.17) is 19.9 Å². The zero-order chi connectivity index (χ0) is 38.1. The van der Waals surface area contributed by atoms with Crippen molar-refractivity contribution in [2.45, 2.75) is 19.3 Å². The van der Waals surface area contributed by atoms with E-state index in [1.165, 1.54) is 38.8 Å². The van der Waals surface area contributed by atoms with E-state index in [0.717, 1.165) is 55.0 Å². The van der Waals surface area contributed by atoms with Crippen molar-refractivity contribution in [2.24, 2.45) is 0 Å². The molecule has 57 heavy (non-hydrogen) atoms. The molecule has 0 saturated heterocycles. The molecular formula is C53H36N4. The van der Waals surface area contributed by atoms with E-state index >= 15 is 0 Å². The number of pyridine rings is 1. The first kappa shape index (κ1) is 33.1. The summed E-state index contributed by atoms with van der Waals surface area (Å²) in [7, 11) is 0.